The van der Waals surface area contributed by atoms with Gasteiger partial charge in [-0.1, -0.05) is 0 Å². The Balaban J connectivity index is 1.45. The van der Waals surface area contributed by atoms with Crippen LogP contribution in [-0.4, -0.2) is 30.5 Å². The van der Waals surface area contributed by atoms with Crippen molar-refractivity contribution in [1.82, 2.24) is 24.7 Å². The van der Waals surface area contributed by atoms with Gasteiger partial charge in [-0.25, -0.2) is 4.98 Å². The van der Waals surface area contributed by atoms with Crippen molar-refractivity contribution < 1.29 is 9.21 Å². The Labute approximate surface area is 159 Å². The molecule has 136 valence electrons. The van der Waals surface area contributed by atoms with Gasteiger partial charge >= 0.3 is 0 Å². The van der Waals surface area contributed by atoms with Crippen molar-refractivity contribution in [2.24, 2.45) is 7.05 Å². The number of carbonyl (C=O) groups is 1. The number of Topliss-reactive ketones (excluding diaryl/α,β-unsaturated/α-hetero) is 1. The fourth-order valence-corrected chi connectivity index (χ4v) is 3.20. The number of hydrogen-bond donors (Lipinski definition) is 0. The predicted molar refractivity (Wildman–Crippen MR) is 104 cm³/mol. The quantitative estimate of drug-likeness (QED) is 0.450. The van der Waals surface area contributed by atoms with Crippen molar-refractivity contribution in [3.05, 3.63) is 72.8 Å². The molecule has 0 spiro atoms. The molecule has 0 atom stereocenters. The Morgan fingerprint density at radius 1 is 1.00 bits per heavy atom. The van der Waals surface area contributed by atoms with Crippen LogP contribution in [-0.2, 0) is 13.5 Å². The second-order valence-corrected chi connectivity index (χ2v) is 6.63. The number of fused-ring (bicyclic) bond motifs is 2. The molecule has 0 radical (unpaired) electrons. The molecule has 0 amide bonds. The number of oxazole rings is 1. The third-order valence-corrected chi connectivity index (χ3v) is 4.66. The summed E-state index contributed by atoms with van der Waals surface area (Å²) in [6.45, 7) is 0. The molecule has 5 rings (SSSR count). The number of nitrogens with zero attached hydrogens (tertiary/aromatic N) is 5. The molecule has 0 aliphatic heterocycles. The Morgan fingerprint density at radius 2 is 1.93 bits per heavy atom. The van der Waals surface area contributed by atoms with E-state index in [-0.39, 0.29) is 12.2 Å². The van der Waals surface area contributed by atoms with Crippen LogP contribution in [0, 0.1) is 0 Å². The van der Waals surface area contributed by atoms with Gasteiger partial charge in [-0.15, -0.1) is 0 Å². The predicted octanol–water partition coefficient (Wildman–Crippen LogP) is 3.60. The first kappa shape index (κ1) is 16.3. The van der Waals surface area contributed by atoms with Gasteiger partial charge in [-0.2, -0.15) is 5.10 Å². The number of benzene rings is 1. The van der Waals surface area contributed by atoms with Crippen molar-refractivity contribution in [3.8, 4) is 11.1 Å². The smallest absolute Gasteiger partial charge is 0.181 e. The van der Waals surface area contributed by atoms with E-state index in [1.54, 1.807) is 41.5 Å². The number of pyridine rings is 2. The number of aromatic nitrogens is 5. The molecule has 0 aliphatic carbocycles. The summed E-state index contributed by atoms with van der Waals surface area (Å²) in [5.74, 6) is -0.0264. The molecule has 0 bridgehead atoms. The number of rotatable bonds is 4. The first-order chi connectivity index (χ1) is 13.7. The van der Waals surface area contributed by atoms with E-state index in [2.05, 4.69) is 20.1 Å². The molecule has 0 saturated carbocycles. The SMILES string of the molecule is Cn1cc(-c2cnc3cnc(CC(=O)c4ccc5ncoc5c4)cc3c2)cn1. The van der Waals surface area contributed by atoms with Crippen molar-refractivity contribution >= 4 is 27.8 Å². The normalized spacial score (nSPS) is 11.3. The molecule has 7 heteroatoms. The van der Waals surface area contributed by atoms with Crippen molar-refractivity contribution in [2.45, 2.75) is 6.42 Å². The maximum atomic E-state index is 12.7. The van der Waals surface area contributed by atoms with Gasteiger partial charge in [0.1, 0.15) is 5.52 Å². The third-order valence-electron chi connectivity index (χ3n) is 4.66. The Hall–Kier alpha value is -3.87. The van der Waals surface area contributed by atoms with Crippen LogP contribution in [0.2, 0.25) is 0 Å². The summed E-state index contributed by atoms with van der Waals surface area (Å²) >= 11 is 0. The minimum absolute atomic E-state index is 0.0264. The highest BCUT2D eigenvalue weighted by Crippen LogP contribution is 2.23. The van der Waals surface area contributed by atoms with E-state index in [9.17, 15) is 4.79 Å². The molecule has 0 unspecified atom stereocenters. The lowest BCUT2D eigenvalue weighted by Crippen LogP contribution is -2.05. The van der Waals surface area contributed by atoms with Crippen LogP contribution in [0.5, 0.6) is 0 Å². The second-order valence-electron chi connectivity index (χ2n) is 6.63. The zero-order valence-corrected chi connectivity index (χ0v) is 15.0. The summed E-state index contributed by atoms with van der Waals surface area (Å²) in [4.78, 5) is 25.6. The van der Waals surface area contributed by atoms with E-state index in [1.807, 2.05) is 25.4 Å². The molecule has 1 aromatic carbocycles. The molecule has 0 aliphatic rings. The van der Waals surface area contributed by atoms with Crippen LogP contribution in [0.4, 0.5) is 0 Å². The van der Waals surface area contributed by atoms with Gasteiger partial charge < -0.3 is 4.42 Å². The van der Waals surface area contributed by atoms with Crippen molar-refractivity contribution in [1.29, 1.82) is 0 Å². The summed E-state index contributed by atoms with van der Waals surface area (Å²) in [6.07, 6.45) is 8.81. The number of hydrogen-bond acceptors (Lipinski definition) is 6. The monoisotopic (exact) mass is 369 g/mol. The van der Waals surface area contributed by atoms with Gasteiger partial charge in [0.05, 0.1) is 24.3 Å². The molecule has 5 aromatic rings. The van der Waals surface area contributed by atoms with E-state index in [0.29, 0.717) is 16.8 Å². The van der Waals surface area contributed by atoms with E-state index in [0.717, 1.165) is 27.5 Å². The fraction of sp³-hybridized carbons (Fsp3) is 0.0952. The first-order valence-electron chi connectivity index (χ1n) is 8.76. The largest absolute Gasteiger partial charge is 0.443 e. The van der Waals surface area contributed by atoms with Gasteiger partial charge in [-0.05, 0) is 30.3 Å². The van der Waals surface area contributed by atoms with Crippen LogP contribution in [0.25, 0.3) is 33.1 Å². The van der Waals surface area contributed by atoms with Gasteiger partial charge in [0, 0.05) is 47.2 Å². The summed E-state index contributed by atoms with van der Waals surface area (Å²) < 4.78 is 7.03. The highest BCUT2D eigenvalue weighted by Gasteiger charge is 2.12. The molecular formula is C21H15N5O2. The number of carbonyl (C=O) groups excluding carboxylic acids is 1. The van der Waals surface area contributed by atoms with Crippen LogP contribution in [0.3, 0.4) is 0 Å². The highest BCUT2D eigenvalue weighted by atomic mass is 16.3. The first-order valence-corrected chi connectivity index (χ1v) is 8.76. The lowest BCUT2D eigenvalue weighted by atomic mass is 10.0. The Kier molecular flexibility index (Phi) is 3.72. The van der Waals surface area contributed by atoms with Crippen LogP contribution in [0.1, 0.15) is 16.1 Å². The zero-order chi connectivity index (χ0) is 19.1. The average Bonchev–Trinajstić information content (AvgIpc) is 3.35. The van der Waals surface area contributed by atoms with Crippen LogP contribution in [0.15, 0.2) is 65.9 Å². The lowest BCUT2D eigenvalue weighted by Gasteiger charge is -2.05. The molecule has 7 nitrogen and oxygen atoms in total. The molecule has 4 aromatic heterocycles. The fourth-order valence-electron chi connectivity index (χ4n) is 3.20. The molecular weight excluding hydrogens is 354 g/mol. The third kappa shape index (κ3) is 2.92. The summed E-state index contributed by atoms with van der Waals surface area (Å²) in [5.41, 5.74) is 5.35. The summed E-state index contributed by atoms with van der Waals surface area (Å²) in [7, 11) is 1.88. The maximum absolute atomic E-state index is 12.7. The molecule has 0 saturated heterocycles. The maximum Gasteiger partial charge on any atom is 0.181 e. The standard InChI is InChI=1S/C21H15N5O2/c1-26-11-16(9-25-26)15-4-14-5-17(22-10-19(14)23-8-15)7-20(27)13-2-3-18-21(6-13)28-12-24-18/h2-6,8-12H,7H2,1H3. The van der Waals surface area contributed by atoms with E-state index < -0.39 is 0 Å². The zero-order valence-electron chi connectivity index (χ0n) is 15.0. The lowest BCUT2D eigenvalue weighted by molar-refractivity contribution is 0.0992. The number of aryl methyl sites for hydroxylation is 1. The van der Waals surface area contributed by atoms with Gasteiger partial charge in [-0.3, -0.25) is 19.4 Å². The topological polar surface area (TPSA) is 86.7 Å². The van der Waals surface area contributed by atoms with E-state index >= 15 is 0 Å². The highest BCUT2D eigenvalue weighted by molar-refractivity contribution is 6.00. The van der Waals surface area contributed by atoms with Gasteiger partial charge in [0.2, 0.25) is 0 Å². The number of ketones is 1. The second kappa shape index (κ2) is 6.38. The molecule has 28 heavy (non-hydrogen) atoms. The Bertz CT molecular complexity index is 1340. The molecule has 0 fully saturated rings. The van der Waals surface area contributed by atoms with Gasteiger partial charge in [0.15, 0.2) is 17.8 Å². The van der Waals surface area contributed by atoms with Crippen molar-refractivity contribution in [3.63, 3.8) is 0 Å². The molecule has 4 heterocycles. The Morgan fingerprint density at radius 3 is 2.79 bits per heavy atom. The van der Waals surface area contributed by atoms with Crippen LogP contribution >= 0.6 is 0 Å². The van der Waals surface area contributed by atoms with E-state index in [1.165, 1.54) is 6.39 Å². The minimum atomic E-state index is -0.0264. The van der Waals surface area contributed by atoms with Crippen LogP contribution < -0.4 is 0 Å². The van der Waals surface area contributed by atoms with Gasteiger partial charge in [0.25, 0.3) is 0 Å². The molecule has 0 N–H and O–H groups in total. The summed E-state index contributed by atoms with van der Waals surface area (Å²) in [6, 6.07) is 9.21. The average molecular weight is 369 g/mol. The summed E-state index contributed by atoms with van der Waals surface area (Å²) in [5, 5.41) is 5.14. The van der Waals surface area contributed by atoms with E-state index in [4.69, 9.17) is 4.42 Å². The minimum Gasteiger partial charge on any atom is -0.443 e. The van der Waals surface area contributed by atoms with Crippen molar-refractivity contribution in [2.75, 3.05) is 0 Å².